The molecule has 0 fully saturated rings. The van der Waals surface area contributed by atoms with Gasteiger partial charge < -0.3 is 0 Å². The number of halogens is 3. The summed E-state index contributed by atoms with van der Waals surface area (Å²) in [5.41, 5.74) is -0.449. The highest BCUT2D eigenvalue weighted by Crippen LogP contribution is 2.27. The molecule has 4 heteroatoms. The molecule has 0 aliphatic heterocycles. The van der Waals surface area contributed by atoms with Gasteiger partial charge in [-0.2, -0.15) is 13.2 Å². The van der Waals surface area contributed by atoms with Crippen molar-refractivity contribution in [3.8, 4) is 0 Å². The molecule has 1 unspecified atom stereocenters. The number of rotatable bonds is 1. The molecule has 0 aliphatic carbocycles. The SMILES string of the molecule is CC(N(C)C(C)(C)C)C(F)(F)F. The van der Waals surface area contributed by atoms with Crippen LogP contribution in [0.3, 0.4) is 0 Å². The van der Waals surface area contributed by atoms with E-state index >= 15 is 0 Å². The average Bonchev–Trinajstić information content (AvgIpc) is 1.80. The minimum absolute atomic E-state index is 0.449. The fourth-order valence-corrected chi connectivity index (χ4v) is 0.801. The minimum Gasteiger partial charge on any atom is -0.291 e. The molecule has 0 rings (SSSR count). The molecule has 0 heterocycles. The lowest BCUT2D eigenvalue weighted by atomic mass is 10.0. The van der Waals surface area contributed by atoms with E-state index in [1.165, 1.54) is 18.9 Å². The Hall–Kier alpha value is -0.250. The number of alkyl halides is 3. The predicted octanol–water partition coefficient (Wildman–Crippen LogP) is 2.67. The second-order valence-electron chi connectivity index (χ2n) is 4.00. The Morgan fingerprint density at radius 1 is 1.08 bits per heavy atom. The Bertz CT molecular complexity index is 127. The highest BCUT2D eigenvalue weighted by molar-refractivity contribution is 4.81. The van der Waals surface area contributed by atoms with Gasteiger partial charge in [0, 0.05) is 5.54 Å². The Morgan fingerprint density at radius 2 is 1.42 bits per heavy atom. The Labute approximate surface area is 71.6 Å². The standard InChI is InChI=1S/C8H16F3N/c1-6(8(9,10)11)12(5)7(2,3)4/h6H,1-5H3. The Morgan fingerprint density at radius 3 is 1.50 bits per heavy atom. The Kier molecular flexibility index (Phi) is 3.18. The van der Waals surface area contributed by atoms with Crippen molar-refractivity contribution in [3.63, 3.8) is 0 Å². The maximum Gasteiger partial charge on any atom is 0.403 e. The first-order valence-electron chi connectivity index (χ1n) is 3.86. The van der Waals surface area contributed by atoms with Crippen molar-refractivity contribution >= 4 is 0 Å². The van der Waals surface area contributed by atoms with E-state index in [9.17, 15) is 13.2 Å². The summed E-state index contributed by atoms with van der Waals surface area (Å²) in [6, 6.07) is -1.39. The molecule has 12 heavy (non-hydrogen) atoms. The molecule has 0 bridgehead atoms. The van der Waals surface area contributed by atoms with Crippen molar-refractivity contribution in [1.82, 2.24) is 4.90 Å². The molecule has 0 aromatic rings. The summed E-state index contributed by atoms with van der Waals surface area (Å²) in [5.74, 6) is 0. The van der Waals surface area contributed by atoms with E-state index in [1.54, 1.807) is 20.8 Å². The summed E-state index contributed by atoms with van der Waals surface area (Å²) in [5, 5.41) is 0. The summed E-state index contributed by atoms with van der Waals surface area (Å²) < 4.78 is 36.6. The van der Waals surface area contributed by atoms with Crippen molar-refractivity contribution in [3.05, 3.63) is 0 Å². The molecule has 0 amide bonds. The van der Waals surface area contributed by atoms with E-state index in [-0.39, 0.29) is 0 Å². The van der Waals surface area contributed by atoms with Crippen molar-refractivity contribution in [1.29, 1.82) is 0 Å². The van der Waals surface area contributed by atoms with Crippen LogP contribution in [0, 0.1) is 0 Å². The molecule has 0 saturated carbocycles. The third-order valence-corrected chi connectivity index (χ3v) is 2.11. The maximum atomic E-state index is 12.2. The van der Waals surface area contributed by atoms with Gasteiger partial charge in [0.05, 0.1) is 0 Å². The van der Waals surface area contributed by atoms with Crippen LogP contribution in [0.25, 0.3) is 0 Å². The third kappa shape index (κ3) is 3.01. The molecule has 0 aromatic carbocycles. The second kappa shape index (κ2) is 3.24. The van der Waals surface area contributed by atoms with Gasteiger partial charge in [-0.3, -0.25) is 4.90 Å². The van der Waals surface area contributed by atoms with Gasteiger partial charge in [-0.1, -0.05) is 0 Å². The van der Waals surface area contributed by atoms with Crippen molar-refractivity contribution < 1.29 is 13.2 Å². The molecule has 0 spiro atoms. The van der Waals surface area contributed by atoms with Crippen molar-refractivity contribution in [2.45, 2.75) is 45.5 Å². The molecule has 1 atom stereocenters. The monoisotopic (exact) mass is 183 g/mol. The van der Waals surface area contributed by atoms with Gasteiger partial charge in [0.1, 0.15) is 6.04 Å². The molecule has 0 N–H and O–H groups in total. The van der Waals surface area contributed by atoms with E-state index in [2.05, 4.69) is 0 Å². The van der Waals surface area contributed by atoms with Crippen LogP contribution in [-0.4, -0.2) is 29.7 Å². The van der Waals surface area contributed by atoms with E-state index in [0.717, 1.165) is 0 Å². The molecular formula is C8H16F3N. The summed E-state index contributed by atoms with van der Waals surface area (Å²) in [6.07, 6.45) is -4.14. The summed E-state index contributed by atoms with van der Waals surface area (Å²) >= 11 is 0. The van der Waals surface area contributed by atoms with E-state index < -0.39 is 17.8 Å². The fraction of sp³-hybridized carbons (Fsp3) is 1.00. The zero-order valence-corrected chi connectivity index (χ0v) is 8.16. The molecule has 0 aliphatic rings. The van der Waals surface area contributed by atoms with Crippen LogP contribution in [0.5, 0.6) is 0 Å². The zero-order chi connectivity index (χ0) is 10.2. The first-order chi connectivity index (χ1) is 5.07. The van der Waals surface area contributed by atoms with Crippen LogP contribution in [0.1, 0.15) is 27.7 Å². The van der Waals surface area contributed by atoms with Crippen molar-refractivity contribution in [2.75, 3.05) is 7.05 Å². The minimum atomic E-state index is -4.14. The van der Waals surface area contributed by atoms with Gasteiger partial charge in [0.15, 0.2) is 0 Å². The smallest absolute Gasteiger partial charge is 0.291 e. The van der Waals surface area contributed by atoms with E-state index in [4.69, 9.17) is 0 Å². The third-order valence-electron chi connectivity index (χ3n) is 2.11. The van der Waals surface area contributed by atoms with Crippen LogP contribution in [0.15, 0.2) is 0 Å². The number of hydrogen-bond donors (Lipinski definition) is 0. The van der Waals surface area contributed by atoms with Gasteiger partial charge >= 0.3 is 6.18 Å². The molecule has 74 valence electrons. The van der Waals surface area contributed by atoms with Gasteiger partial charge in [-0.05, 0) is 34.7 Å². The molecule has 1 nitrogen and oxygen atoms in total. The lowest BCUT2D eigenvalue weighted by Gasteiger charge is -2.37. The molecule has 0 aromatic heterocycles. The largest absolute Gasteiger partial charge is 0.403 e. The summed E-state index contributed by atoms with van der Waals surface area (Å²) in [4.78, 5) is 1.31. The normalized spacial score (nSPS) is 16.8. The van der Waals surface area contributed by atoms with E-state index in [1.807, 2.05) is 0 Å². The topological polar surface area (TPSA) is 3.24 Å². The quantitative estimate of drug-likeness (QED) is 0.604. The van der Waals surface area contributed by atoms with Crippen LogP contribution < -0.4 is 0 Å². The van der Waals surface area contributed by atoms with Gasteiger partial charge in [-0.25, -0.2) is 0 Å². The zero-order valence-electron chi connectivity index (χ0n) is 8.16. The van der Waals surface area contributed by atoms with Crippen LogP contribution >= 0.6 is 0 Å². The van der Waals surface area contributed by atoms with Gasteiger partial charge in [-0.15, -0.1) is 0 Å². The summed E-state index contributed by atoms with van der Waals surface area (Å²) in [7, 11) is 1.48. The van der Waals surface area contributed by atoms with Crippen LogP contribution in [-0.2, 0) is 0 Å². The van der Waals surface area contributed by atoms with Gasteiger partial charge in [0.2, 0.25) is 0 Å². The van der Waals surface area contributed by atoms with Gasteiger partial charge in [0.25, 0.3) is 0 Å². The highest BCUT2D eigenvalue weighted by atomic mass is 19.4. The Balaban J connectivity index is 4.41. The van der Waals surface area contributed by atoms with Crippen LogP contribution in [0.4, 0.5) is 13.2 Å². The van der Waals surface area contributed by atoms with E-state index in [0.29, 0.717) is 0 Å². The first-order valence-corrected chi connectivity index (χ1v) is 3.86. The van der Waals surface area contributed by atoms with Crippen LogP contribution in [0.2, 0.25) is 0 Å². The number of hydrogen-bond acceptors (Lipinski definition) is 1. The maximum absolute atomic E-state index is 12.2. The van der Waals surface area contributed by atoms with Crippen molar-refractivity contribution in [2.24, 2.45) is 0 Å². The fourth-order valence-electron chi connectivity index (χ4n) is 0.801. The first kappa shape index (κ1) is 11.8. The lowest BCUT2D eigenvalue weighted by molar-refractivity contribution is -0.186. The molecule has 0 radical (unpaired) electrons. The predicted molar refractivity (Wildman–Crippen MR) is 43.0 cm³/mol. The lowest BCUT2D eigenvalue weighted by Crippen LogP contribution is -2.50. The highest BCUT2D eigenvalue weighted by Gasteiger charge is 2.41. The molecule has 0 saturated heterocycles. The average molecular weight is 183 g/mol. The molecular weight excluding hydrogens is 167 g/mol. The summed E-state index contributed by atoms with van der Waals surface area (Å²) in [6.45, 7) is 6.45. The number of nitrogens with zero attached hydrogens (tertiary/aromatic N) is 1. The second-order valence-corrected chi connectivity index (χ2v) is 4.00.